The van der Waals surface area contributed by atoms with Gasteiger partial charge in [-0.25, -0.2) is 9.52 Å². The van der Waals surface area contributed by atoms with E-state index in [0.29, 0.717) is 6.42 Å². The molecule has 110 valence electrons. The lowest BCUT2D eigenvalue weighted by Gasteiger charge is -2.36. The summed E-state index contributed by atoms with van der Waals surface area (Å²) in [5.74, 6) is -1.15. The Morgan fingerprint density at radius 1 is 1.42 bits per heavy atom. The summed E-state index contributed by atoms with van der Waals surface area (Å²) >= 11 is 0. The zero-order chi connectivity index (χ0) is 14.7. The molecule has 0 aromatic rings. The molecule has 0 radical (unpaired) electrons. The average molecular weight is 294 g/mol. The Morgan fingerprint density at radius 2 is 2.05 bits per heavy atom. The molecule has 0 aromatic heterocycles. The number of carbonyl (C=O) groups excluding carboxylic acids is 1. The second-order valence-electron chi connectivity index (χ2n) is 4.79. The SMILES string of the molecule is COC(=O)NS(=O)(=O)NC1(C(=O)O)CCCC(C)C1. The summed E-state index contributed by atoms with van der Waals surface area (Å²) in [6.45, 7) is 1.86. The number of carboxylic acid groups (broad SMARTS) is 1. The smallest absolute Gasteiger partial charge is 0.421 e. The van der Waals surface area contributed by atoms with Gasteiger partial charge in [0.2, 0.25) is 0 Å². The Kier molecular flexibility index (Phi) is 4.75. The highest BCUT2D eigenvalue weighted by molar-refractivity contribution is 7.88. The van der Waals surface area contributed by atoms with Crippen molar-refractivity contribution < 1.29 is 27.9 Å². The fourth-order valence-corrected chi connectivity index (χ4v) is 3.46. The van der Waals surface area contributed by atoms with E-state index in [9.17, 15) is 23.1 Å². The molecular formula is C10H18N2O6S. The first kappa shape index (κ1) is 15.7. The molecule has 9 heteroatoms. The fourth-order valence-electron chi connectivity index (χ4n) is 2.32. The molecule has 1 saturated carbocycles. The van der Waals surface area contributed by atoms with E-state index in [-0.39, 0.29) is 18.8 Å². The highest BCUT2D eigenvalue weighted by atomic mass is 32.2. The lowest BCUT2D eigenvalue weighted by molar-refractivity contribution is -0.146. The first-order valence-electron chi connectivity index (χ1n) is 5.84. The van der Waals surface area contributed by atoms with Gasteiger partial charge in [0.25, 0.3) is 0 Å². The maximum absolute atomic E-state index is 11.7. The number of hydrogen-bond acceptors (Lipinski definition) is 5. The van der Waals surface area contributed by atoms with Gasteiger partial charge in [-0.15, -0.1) is 0 Å². The molecule has 0 aromatic carbocycles. The highest BCUT2D eigenvalue weighted by Gasteiger charge is 2.45. The zero-order valence-electron chi connectivity index (χ0n) is 10.8. The molecule has 0 spiro atoms. The summed E-state index contributed by atoms with van der Waals surface area (Å²) in [7, 11) is -3.26. The van der Waals surface area contributed by atoms with Gasteiger partial charge in [0, 0.05) is 0 Å². The molecule has 1 aliphatic rings. The zero-order valence-corrected chi connectivity index (χ0v) is 11.6. The number of methoxy groups -OCH3 is 1. The number of aliphatic carboxylic acids is 1. The lowest BCUT2D eigenvalue weighted by atomic mass is 9.77. The summed E-state index contributed by atoms with van der Waals surface area (Å²) < 4.78 is 31.2. The largest absolute Gasteiger partial charge is 0.480 e. The topological polar surface area (TPSA) is 122 Å². The van der Waals surface area contributed by atoms with Gasteiger partial charge < -0.3 is 9.84 Å². The molecule has 1 aliphatic carbocycles. The van der Waals surface area contributed by atoms with E-state index in [2.05, 4.69) is 9.46 Å². The quantitative estimate of drug-likeness (QED) is 0.681. The molecule has 2 atom stereocenters. The third kappa shape index (κ3) is 4.06. The van der Waals surface area contributed by atoms with E-state index in [1.807, 2.05) is 6.92 Å². The Balaban J connectivity index is 2.90. The molecular weight excluding hydrogens is 276 g/mol. The van der Waals surface area contributed by atoms with E-state index in [0.717, 1.165) is 13.5 Å². The third-order valence-corrected chi connectivity index (χ3v) is 4.23. The minimum atomic E-state index is -4.27. The predicted octanol–water partition coefficient (Wildman–Crippen LogP) is 0.210. The molecule has 19 heavy (non-hydrogen) atoms. The van der Waals surface area contributed by atoms with Gasteiger partial charge in [-0.2, -0.15) is 13.1 Å². The number of amides is 1. The Labute approximate surface area is 111 Å². The second-order valence-corrected chi connectivity index (χ2v) is 6.20. The van der Waals surface area contributed by atoms with Crippen LogP contribution in [0.1, 0.15) is 32.6 Å². The summed E-state index contributed by atoms with van der Waals surface area (Å²) in [6.07, 6.45) is 0.658. The monoisotopic (exact) mass is 294 g/mol. The molecule has 0 saturated heterocycles. The van der Waals surface area contributed by atoms with Crippen molar-refractivity contribution in [3.05, 3.63) is 0 Å². The van der Waals surface area contributed by atoms with E-state index < -0.39 is 27.8 Å². The van der Waals surface area contributed by atoms with Crippen LogP contribution in [0, 0.1) is 5.92 Å². The molecule has 8 nitrogen and oxygen atoms in total. The van der Waals surface area contributed by atoms with Crippen molar-refractivity contribution in [1.82, 2.24) is 9.44 Å². The molecule has 0 aliphatic heterocycles. The van der Waals surface area contributed by atoms with Crippen LogP contribution >= 0.6 is 0 Å². The summed E-state index contributed by atoms with van der Waals surface area (Å²) in [6, 6.07) is 0. The molecule has 1 fully saturated rings. The van der Waals surface area contributed by atoms with Crippen molar-refractivity contribution in [2.24, 2.45) is 5.92 Å². The van der Waals surface area contributed by atoms with Crippen LogP contribution in [-0.2, 0) is 19.7 Å². The molecule has 1 rings (SSSR count). The van der Waals surface area contributed by atoms with Crippen LogP contribution in [0.4, 0.5) is 4.79 Å². The van der Waals surface area contributed by atoms with Crippen LogP contribution in [0.2, 0.25) is 0 Å². The van der Waals surface area contributed by atoms with Crippen molar-refractivity contribution in [1.29, 1.82) is 0 Å². The van der Waals surface area contributed by atoms with Crippen LogP contribution in [0.25, 0.3) is 0 Å². The standard InChI is InChI=1S/C10H18N2O6S/c1-7-4-3-5-10(6-7,8(13)14)12-19(16,17)11-9(15)18-2/h7,12H,3-6H2,1-2H3,(H,11,15)(H,13,14). The second kappa shape index (κ2) is 5.74. The molecule has 0 bridgehead atoms. The molecule has 0 heterocycles. The van der Waals surface area contributed by atoms with Gasteiger partial charge in [-0.3, -0.25) is 4.79 Å². The van der Waals surface area contributed by atoms with Crippen LogP contribution in [0.3, 0.4) is 0 Å². The van der Waals surface area contributed by atoms with Gasteiger partial charge in [0.15, 0.2) is 0 Å². The number of carbonyl (C=O) groups is 2. The Bertz CT molecular complexity index is 463. The van der Waals surface area contributed by atoms with Crippen molar-refractivity contribution in [3.63, 3.8) is 0 Å². The van der Waals surface area contributed by atoms with Gasteiger partial charge in [0.1, 0.15) is 5.54 Å². The molecule has 2 unspecified atom stereocenters. The molecule has 1 amide bonds. The fraction of sp³-hybridized carbons (Fsp3) is 0.800. The lowest BCUT2D eigenvalue weighted by Crippen LogP contribution is -2.59. The maximum atomic E-state index is 11.7. The minimum Gasteiger partial charge on any atom is -0.480 e. The number of ether oxygens (including phenoxy) is 1. The van der Waals surface area contributed by atoms with E-state index in [4.69, 9.17) is 0 Å². The normalized spacial score (nSPS) is 27.6. The third-order valence-electron chi connectivity index (χ3n) is 3.14. The van der Waals surface area contributed by atoms with Crippen molar-refractivity contribution in [3.8, 4) is 0 Å². The Hall–Kier alpha value is -1.35. The first-order valence-corrected chi connectivity index (χ1v) is 7.32. The average Bonchev–Trinajstić information content (AvgIpc) is 2.27. The number of rotatable bonds is 4. The van der Waals surface area contributed by atoms with Crippen molar-refractivity contribution in [2.75, 3.05) is 7.11 Å². The van der Waals surface area contributed by atoms with Crippen molar-refractivity contribution >= 4 is 22.3 Å². The number of carboxylic acids is 1. The predicted molar refractivity (Wildman–Crippen MR) is 65.6 cm³/mol. The first-order chi connectivity index (χ1) is 8.71. The van der Waals surface area contributed by atoms with Crippen LogP contribution in [0.15, 0.2) is 0 Å². The van der Waals surface area contributed by atoms with Crippen molar-refractivity contribution in [2.45, 2.75) is 38.1 Å². The van der Waals surface area contributed by atoms with Crippen LogP contribution < -0.4 is 9.44 Å². The summed E-state index contributed by atoms with van der Waals surface area (Å²) in [5.41, 5.74) is -1.57. The van der Waals surface area contributed by atoms with Gasteiger partial charge in [0.05, 0.1) is 7.11 Å². The minimum absolute atomic E-state index is 0.0886. The maximum Gasteiger partial charge on any atom is 0.421 e. The van der Waals surface area contributed by atoms with E-state index in [1.165, 1.54) is 0 Å². The van der Waals surface area contributed by atoms with Gasteiger partial charge >= 0.3 is 22.3 Å². The highest BCUT2D eigenvalue weighted by Crippen LogP contribution is 2.33. The van der Waals surface area contributed by atoms with Crippen LogP contribution in [0.5, 0.6) is 0 Å². The van der Waals surface area contributed by atoms with Crippen LogP contribution in [-0.4, -0.2) is 38.2 Å². The number of hydrogen-bond donors (Lipinski definition) is 3. The Morgan fingerprint density at radius 3 is 2.53 bits per heavy atom. The van der Waals surface area contributed by atoms with E-state index >= 15 is 0 Å². The van der Waals surface area contributed by atoms with E-state index in [1.54, 1.807) is 4.72 Å². The summed E-state index contributed by atoms with van der Waals surface area (Å²) in [5, 5.41) is 9.29. The summed E-state index contributed by atoms with van der Waals surface area (Å²) in [4.78, 5) is 22.3. The van der Waals surface area contributed by atoms with Gasteiger partial charge in [-0.05, 0) is 18.8 Å². The molecule has 3 N–H and O–H groups in total. The number of nitrogens with one attached hydrogen (secondary N) is 2. The van der Waals surface area contributed by atoms with Gasteiger partial charge in [-0.1, -0.05) is 19.8 Å².